The zero-order chi connectivity index (χ0) is 19.6. The second-order valence-corrected chi connectivity index (χ2v) is 6.15. The third kappa shape index (κ3) is 4.02. The molecule has 1 aromatic heterocycles. The summed E-state index contributed by atoms with van der Waals surface area (Å²) in [6.07, 6.45) is -0.913. The fraction of sp³-hybridized carbons (Fsp3) is 0.278. The van der Waals surface area contributed by atoms with Crippen molar-refractivity contribution < 1.29 is 18.0 Å². The van der Waals surface area contributed by atoms with E-state index in [1.54, 1.807) is 18.5 Å². The third-order valence-electron chi connectivity index (χ3n) is 4.37. The van der Waals surface area contributed by atoms with Gasteiger partial charge >= 0.3 is 6.18 Å². The second kappa shape index (κ2) is 7.26. The van der Waals surface area contributed by atoms with Crippen molar-refractivity contribution in [2.24, 2.45) is 5.73 Å². The highest BCUT2D eigenvalue weighted by Gasteiger charge is 2.34. The van der Waals surface area contributed by atoms with Gasteiger partial charge in [-0.15, -0.1) is 0 Å². The van der Waals surface area contributed by atoms with Crippen LogP contribution >= 0.6 is 0 Å². The van der Waals surface area contributed by atoms with Crippen LogP contribution in [0.5, 0.6) is 0 Å². The molecule has 6 nitrogen and oxygen atoms in total. The van der Waals surface area contributed by atoms with Gasteiger partial charge in [-0.25, -0.2) is 9.97 Å². The van der Waals surface area contributed by atoms with Crippen LogP contribution in [0.2, 0.25) is 0 Å². The molecule has 0 bridgehead atoms. The van der Waals surface area contributed by atoms with Crippen molar-refractivity contribution in [1.29, 1.82) is 0 Å². The zero-order valence-corrected chi connectivity index (χ0v) is 14.5. The fourth-order valence-corrected chi connectivity index (χ4v) is 2.95. The van der Waals surface area contributed by atoms with Crippen LogP contribution in [0.15, 0.2) is 48.1 Å². The summed E-state index contributed by atoms with van der Waals surface area (Å²) >= 11 is 0. The number of alkyl halides is 3. The number of amides is 1. The lowest BCUT2D eigenvalue weighted by molar-refractivity contribution is -0.138. The van der Waals surface area contributed by atoms with Gasteiger partial charge in [-0.05, 0) is 30.7 Å². The van der Waals surface area contributed by atoms with E-state index in [1.807, 2.05) is 0 Å². The van der Waals surface area contributed by atoms with Gasteiger partial charge in [-0.3, -0.25) is 4.79 Å². The molecule has 9 heteroatoms. The summed E-state index contributed by atoms with van der Waals surface area (Å²) in [4.78, 5) is 22.3. The predicted molar refractivity (Wildman–Crippen MR) is 93.6 cm³/mol. The molecule has 0 fully saturated rings. The van der Waals surface area contributed by atoms with Crippen molar-refractivity contribution in [3.8, 4) is 0 Å². The molecule has 27 heavy (non-hydrogen) atoms. The van der Waals surface area contributed by atoms with Crippen LogP contribution in [-0.2, 0) is 6.18 Å². The van der Waals surface area contributed by atoms with Gasteiger partial charge < -0.3 is 16.0 Å². The minimum Gasteiger partial charge on any atom is -0.399 e. The molecule has 1 amide bonds. The van der Waals surface area contributed by atoms with Gasteiger partial charge in [0, 0.05) is 42.3 Å². The molecule has 3 rings (SSSR count). The fourth-order valence-electron chi connectivity index (χ4n) is 2.95. The highest BCUT2D eigenvalue weighted by Crippen LogP contribution is 2.33. The predicted octanol–water partition coefficient (Wildman–Crippen LogP) is 2.93. The maximum atomic E-state index is 13.1. The molecule has 0 radical (unpaired) electrons. The lowest BCUT2D eigenvalue weighted by atomic mass is 10.00. The Morgan fingerprint density at radius 1 is 1.22 bits per heavy atom. The summed E-state index contributed by atoms with van der Waals surface area (Å²) in [5.74, 6) is -0.0829. The summed E-state index contributed by atoms with van der Waals surface area (Å²) in [6.45, 7) is 1.74. The molecular weight excluding hydrogens is 359 g/mol. The smallest absolute Gasteiger partial charge is 0.399 e. The normalized spacial score (nSPS) is 15.0. The van der Waals surface area contributed by atoms with E-state index < -0.39 is 17.6 Å². The Labute approximate surface area is 153 Å². The number of hydrogen-bond acceptors (Lipinski definition) is 5. The maximum absolute atomic E-state index is 13.1. The van der Waals surface area contributed by atoms with Gasteiger partial charge in [0.05, 0.1) is 12.1 Å². The summed E-state index contributed by atoms with van der Waals surface area (Å²) in [5, 5.41) is 3.02. The first kappa shape index (κ1) is 18.7. The number of nitrogens with one attached hydrogen (secondary N) is 1. The van der Waals surface area contributed by atoms with Crippen LogP contribution in [0.1, 0.15) is 27.9 Å². The molecule has 0 atom stereocenters. The number of halogens is 3. The number of benzene rings is 1. The topological polar surface area (TPSA) is 84.1 Å². The van der Waals surface area contributed by atoms with E-state index in [-0.39, 0.29) is 17.7 Å². The van der Waals surface area contributed by atoms with E-state index in [0.29, 0.717) is 30.3 Å². The highest BCUT2D eigenvalue weighted by atomic mass is 19.4. The minimum atomic E-state index is -4.51. The Hall–Kier alpha value is -3.10. The lowest BCUT2D eigenvalue weighted by Gasteiger charge is -2.30. The largest absolute Gasteiger partial charge is 0.416 e. The standard InChI is InChI=1S/C18H18F3N5O/c1-11-12(4-2-5-13(11)18(19,20)21)16(27)26-9-6-15(14(22)10-26)25-17-23-7-3-8-24-17/h2-5,7-8H,6,9-10,22H2,1H3,(H,23,24,25). The van der Waals surface area contributed by atoms with Crippen molar-refractivity contribution in [3.05, 3.63) is 64.7 Å². The van der Waals surface area contributed by atoms with Crippen LogP contribution in [0.4, 0.5) is 19.1 Å². The first-order chi connectivity index (χ1) is 12.8. The molecule has 0 aliphatic carbocycles. The molecule has 2 aromatic rings. The first-order valence-corrected chi connectivity index (χ1v) is 8.25. The summed E-state index contributed by atoms with van der Waals surface area (Å²) in [5.41, 5.74) is 6.32. The Bertz CT molecular complexity index is 880. The molecule has 1 aliphatic rings. The average Bonchev–Trinajstić information content (AvgIpc) is 2.63. The van der Waals surface area contributed by atoms with Gasteiger partial charge in [-0.2, -0.15) is 13.2 Å². The summed E-state index contributed by atoms with van der Waals surface area (Å²) in [6, 6.07) is 5.30. The number of aromatic nitrogens is 2. The molecule has 0 spiro atoms. The van der Waals surface area contributed by atoms with E-state index in [1.165, 1.54) is 24.0 Å². The van der Waals surface area contributed by atoms with Crippen molar-refractivity contribution >= 4 is 11.9 Å². The van der Waals surface area contributed by atoms with Gasteiger partial charge in [0.2, 0.25) is 5.95 Å². The third-order valence-corrected chi connectivity index (χ3v) is 4.37. The van der Waals surface area contributed by atoms with Crippen molar-refractivity contribution in [2.75, 3.05) is 18.4 Å². The minimum absolute atomic E-state index is 0.0282. The molecular formula is C18H18F3N5O. The van der Waals surface area contributed by atoms with Crippen LogP contribution in [0.3, 0.4) is 0 Å². The van der Waals surface area contributed by atoms with Crippen LogP contribution < -0.4 is 11.1 Å². The molecule has 1 aromatic carbocycles. The molecule has 0 saturated carbocycles. The van der Waals surface area contributed by atoms with Gasteiger partial charge in [0.25, 0.3) is 5.91 Å². The molecule has 142 valence electrons. The van der Waals surface area contributed by atoms with Crippen LogP contribution in [0, 0.1) is 6.92 Å². The van der Waals surface area contributed by atoms with Crippen molar-refractivity contribution in [3.63, 3.8) is 0 Å². The number of rotatable bonds is 3. The number of anilines is 1. The maximum Gasteiger partial charge on any atom is 0.416 e. The van der Waals surface area contributed by atoms with E-state index in [9.17, 15) is 18.0 Å². The van der Waals surface area contributed by atoms with Crippen molar-refractivity contribution in [1.82, 2.24) is 14.9 Å². The number of hydrogen-bond donors (Lipinski definition) is 2. The SMILES string of the molecule is Cc1c(C(=O)N2CCC(Nc3ncccn3)=C(N)C2)cccc1C(F)(F)F. The Morgan fingerprint density at radius 2 is 1.93 bits per heavy atom. The van der Waals surface area contributed by atoms with E-state index in [0.717, 1.165) is 6.07 Å². The molecule has 1 aliphatic heterocycles. The van der Waals surface area contributed by atoms with E-state index in [2.05, 4.69) is 15.3 Å². The number of nitrogens with two attached hydrogens (primary N) is 1. The average molecular weight is 377 g/mol. The number of carbonyl (C=O) groups excluding carboxylic acids is 1. The second-order valence-electron chi connectivity index (χ2n) is 6.15. The number of carbonyl (C=O) groups is 1. The van der Waals surface area contributed by atoms with Crippen molar-refractivity contribution in [2.45, 2.75) is 19.5 Å². The van der Waals surface area contributed by atoms with Gasteiger partial charge in [0.15, 0.2) is 0 Å². The Morgan fingerprint density at radius 3 is 2.56 bits per heavy atom. The lowest BCUT2D eigenvalue weighted by Crippen LogP contribution is -2.40. The van der Waals surface area contributed by atoms with Crippen LogP contribution in [-0.4, -0.2) is 33.9 Å². The number of nitrogens with zero attached hydrogens (tertiary/aromatic N) is 3. The van der Waals surface area contributed by atoms with E-state index in [4.69, 9.17) is 5.73 Å². The Balaban J connectivity index is 1.79. The Kier molecular flexibility index (Phi) is 5.02. The van der Waals surface area contributed by atoms with Gasteiger partial charge in [-0.1, -0.05) is 6.07 Å². The molecule has 2 heterocycles. The molecule has 0 unspecified atom stereocenters. The monoisotopic (exact) mass is 377 g/mol. The van der Waals surface area contributed by atoms with Crippen LogP contribution in [0.25, 0.3) is 0 Å². The summed E-state index contributed by atoms with van der Waals surface area (Å²) < 4.78 is 39.2. The van der Waals surface area contributed by atoms with Gasteiger partial charge in [0.1, 0.15) is 0 Å². The summed E-state index contributed by atoms with van der Waals surface area (Å²) in [7, 11) is 0. The quantitative estimate of drug-likeness (QED) is 0.859. The molecule has 3 N–H and O–H groups in total. The van der Waals surface area contributed by atoms with E-state index >= 15 is 0 Å². The zero-order valence-electron chi connectivity index (χ0n) is 14.5. The first-order valence-electron chi connectivity index (χ1n) is 8.25. The highest BCUT2D eigenvalue weighted by molar-refractivity contribution is 5.96. The molecule has 0 saturated heterocycles.